The SMILES string of the molecule is CCCCCCCCOCC(COCCCCCC(=O)O)CC(C)(C)[Si](O)(c1ccccc1)c1ccccc1. The first-order valence-electron chi connectivity index (χ1n) is 15.0. The molecule has 0 amide bonds. The second kappa shape index (κ2) is 18.4. The number of hydrogen-bond acceptors (Lipinski definition) is 4. The number of unbranched alkanes of at least 4 members (excludes halogenated alkanes) is 7. The zero-order chi connectivity index (χ0) is 28.4. The summed E-state index contributed by atoms with van der Waals surface area (Å²) in [5.74, 6) is -0.584. The third-order valence-electron chi connectivity index (χ3n) is 7.69. The van der Waals surface area contributed by atoms with E-state index in [1.807, 2.05) is 36.4 Å². The lowest BCUT2D eigenvalue weighted by Crippen LogP contribution is -2.65. The Balaban J connectivity index is 2.06. The van der Waals surface area contributed by atoms with Gasteiger partial charge in [0.2, 0.25) is 0 Å². The van der Waals surface area contributed by atoms with Crippen LogP contribution in [0, 0.1) is 5.92 Å². The van der Waals surface area contributed by atoms with E-state index < -0.39 is 14.3 Å². The Morgan fingerprint density at radius 1 is 0.769 bits per heavy atom. The Labute approximate surface area is 238 Å². The van der Waals surface area contributed by atoms with Crippen molar-refractivity contribution in [2.45, 2.75) is 96.4 Å². The van der Waals surface area contributed by atoms with Gasteiger partial charge in [0.1, 0.15) is 0 Å². The molecule has 0 aliphatic carbocycles. The zero-order valence-corrected chi connectivity index (χ0v) is 25.6. The van der Waals surface area contributed by atoms with Crippen molar-refractivity contribution in [1.82, 2.24) is 0 Å². The van der Waals surface area contributed by atoms with Crippen molar-refractivity contribution in [1.29, 1.82) is 0 Å². The topological polar surface area (TPSA) is 76.0 Å². The number of carboxylic acid groups (broad SMARTS) is 1. The minimum Gasteiger partial charge on any atom is -0.481 e. The molecule has 1 atom stereocenters. The zero-order valence-electron chi connectivity index (χ0n) is 24.6. The molecule has 0 heterocycles. The minimum atomic E-state index is -3.11. The van der Waals surface area contributed by atoms with Crippen molar-refractivity contribution < 1.29 is 24.2 Å². The fourth-order valence-electron chi connectivity index (χ4n) is 5.48. The monoisotopic (exact) mass is 556 g/mol. The molecule has 0 aliphatic rings. The van der Waals surface area contributed by atoms with Gasteiger partial charge in [0.15, 0.2) is 0 Å². The summed E-state index contributed by atoms with van der Waals surface area (Å²) in [6.45, 7) is 9.21. The van der Waals surface area contributed by atoms with Gasteiger partial charge in [-0.25, -0.2) is 0 Å². The van der Waals surface area contributed by atoms with Crippen LogP contribution in [-0.4, -0.2) is 50.6 Å². The highest BCUT2D eigenvalue weighted by Crippen LogP contribution is 2.41. The molecule has 0 radical (unpaired) electrons. The molecule has 2 N–H and O–H groups in total. The Bertz CT molecular complexity index is 863. The Hall–Kier alpha value is -1.99. The fourth-order valence-corrected chi connectivity index (χ4v) is 9.31. The summed E-state index contributed by atoms with van der Waals surface area (Å²) in [5, 5.41) is 10.5. The van der Waals surface area contributed by atoms with E-state index in [-0.39, 0.29) is 17.4 Å². The molecule has 218 valence electrons. The number of aliphatic carboxylic acids is 1. The number of ether oxygens (including phenoxy) is 2. The van der Waals surface area contributed by atoms with Crippen LogP contribution >= 0.6 is 0 Å². The van der Waals surface area contributed by atoms with Crippen molar-refractivity contribution in [2.24, 2.45) is 5.92 Å². The second-order valence-electron chi connectivity index (χ2n) is 11.5. The molecule has 2 aromatic rings. The minimum absolute atomic E-state index is 0.158. The first kappa shape index (κ1) is 33.2. The predicted molar refractivity (Wildman–Crippen MR) is 163 cm³/mol. The number of benzene rings is 2. The van der Waals surface area contributed by atoms with E-state index in [0.29, 0.717) is 26.2 Å². The highest BCUT2D eigenvalue weighted by molar-refractivity contribution is 6.98. The van der Waals surface area contributed by atoms with Crippen LogP contribution in [0.25, 0.3) is 0 Å². The van der Waals surface area contributed by atoms with Crippen molar-refractivity contribution in [2.75, 3.05) is 26.4 Å². The van der Waals surface area contributed by atoms with Gasteiger partial charge in [0, 0.05) is 25.6 Å². The molecule has 0 bridgehead atoms. The average Bonchev–Trinajstić information content (AvgIpc) is 2.93. The summed E-state index contributed by atoms with van der Waals surface area (Å²) in [6, 6.07) is 20.3. The van der Waals surface area contributed by atoms with E-state index in [9.17, 15) is 9.59 Å². The van der Waals surface area contributed by atoms with Gasteiger partial charge in [0.25, 0.3) is 8.32 Å². The standard InChI is InChI=1S/C33H52O5Si/c1-4-5-6-7-8-17-24-37-27-29(28-38-25-18-11-16-23-32(34)35)26-33(2,3)39(36,30-19-12-9-13-20-30)31-21-14-10-15-22-31/h9-10,12-15,19-22,29,36H,4-8,11,16-18,23-28H2,1-3H3,(H,34,35). The lowest BCUT2D eigenvalue weighted by atomic mass is 9.97. The van der Waals surface area contributed by atoms with E-state index in [2.05, 4.69) is 45.0 Å². The van der Waals surface area contributed by atoms with Gasteiger partial charge < -0.3 is 19.4 Å². The molecule has 0 spiro atoms. The van der Waals surface area contributed by atoms with E-state index in [4.69, 9.17) is 14.6 Å². The Morgan fingerprint density at radius 3 is 1.72 bits per heavy atom. The number of carbonyl (C=O) groups is 1. The van der Waals surface area contributed by atoms with Gasteiger partial charge in [-0.15, -0.1) is 0 Å². The van der Waals surface area contributed by atoms with Crippen LogP contribution in [0.4, 0.5) is 0 Å². The average molecular weight is 557 g/mol. The number of rotatable bonds is 22. The molecular formula is C33H52O5Si. The summed E-state index contributed by atoms with van der Waals surface area (Å²) in [6.07, 6.45) is 10.8. The van der Waals surface area contributed by atoms with Gasteiger partial charge >= 0.3 is 5.97 Å². The quantitative estimate of drug-likeness (QED) is 0.127. The van der Waals surface area contributed by atoms with Gasteiger partial charge in [-0.2, -0.15) is 0 Å². The van der Waals surface area contributed by atoms with E-state index in [1.165, 1.54) is 32.1 Å². The maximum absolute atomic E-state index is 12.6. The van der Waals surface area contributed by atoms with Crippen molar-refractivity contribution >= 4 is 24.7 Å². The molecule has 0 saturated heterocycles. The van der Waals surface area contributed by atoms with Crippen molar-refractivity contribution in [3.8, 4) is 0 Å². The molecule has 0 fully saturated rings. The summed E-state index contributed by atoms with van der Waals surface area (Å²) < 4.78 is 12.3. The third-order valence-corrected chi connectivity index (χ3v) is 12.2. The van der Waals surface area contributed by atoms with Crippen LogP contribution in [0.2, 0.25) is 5.04 Å². The molecule has 0 saturated carbocycles. The summed E-state index contributed by atoms with van der Waals surface area (Å²) in [7, 11) is -3.11. The molecule has 1 unspecified atom stereocenters. The normalized spacial score (nSPS) is 12.9. The lowest BCUT2D eigenvalue weighted by Gasteiger charge is -2.43. The van der Waals surface area contributed by atoms with Gasteiger partial charge in [-0.1, -0.05) is 120 Å². The first-order chi connectivity index (χ1) is 18.8. The fraction of sp³-hybridized carbons (Fsp3) is 0.606. The van der Waals surface area contributed by atoms with Crippen molar-refractivity contribution in [3.05, 3.63) is 60.7 Å². The van der Waals surface area contributed by atoms with Gasteiger partial charge in [-0.05, 0) is 41.1 Å². The number of hydrogen-bond donors (Lipinski definition) is 2. The Morgan fingerprint density at radius 2 is 1.23 bits per heavy atom. The maximum atomic E-state index is 12.6. The van der Waals surface area contributed by atoms with Crippen molar-refractivity contribution in [3.63, 3.8) is 0 Å². The van der Waals surface area contributed by atoms with Gasteiger partial charge in [0.05, 0.1) is 13.2 Å². The maximum Gasteiger partial charge on any atom is 0.303 e. The molecule has 6 heteroatoms. The van der Waals surface area contributed by atoms with E-state index in [1.54, 1.807) is 0 Å². The van der Waals surface area contributed by atoms with E-state index in [0.717, 1.165) is 42.7 Å². The molecule has 5 nitrogen and oxygen atoms in total. The highest BCUT2D eigenvalue weighted by Gasteiger charge is 2.50. The van der Waals surface area contributed by atoms with Gasteiger partial charge in [-0.3, -0.25) is 4.79 Å². The summed E-state index contributed by atoms with van der Waals surface area (Å²) in [4.78, 5) is 23.3. The largest absolute Gasteiger partial charge is 0.481 e. The van der Waals surface area contributed by atoms with Crippen LogP contribution in [0.3, 0.4) is 0 Å². The molecule has 39 heavy (non-hydrogen) atoms. The molecule has 2 rings (SSSR count). The smallest absolute Gasteiger partial charge is 0.303 e. The van der Waals surface area contributed by atoms with Crippen LogP contribution in [-0.2, 0) is 14.3 Å². The Kier molecular flexibility index (Phi) is 15.6. The van der Waals surface area contributed by atoms with Crippen LogP contribution < -0.4 is 10.4 Å². The summed E-state index contributed by atoms with van der Waals surface area (Å²) in [5.41, 5.74) is 0. The lowest BCUT2D eigenvalue weighted by molar-refractivity contribution is -0.137. The third kappa shape index (κ3) is 11.6. The highest BCUT2D eigenvalue weighted by atomic mass is 28.4. The predicted octanol–water partition coefficient (Wildman–Crippen LogP) is 6.56. The van der Waals surface area contributed by atoms with Crippen LogP contribution in [0.5, 0.6) is 0 Å². The molecule has 2 aromatic carbocycles. The van der Waals surface area contributed by atoms with Crippen LogP contribution in [0.1, 0.15) is 91.4 Å². The first-order valence-corrected chi connectivity index (χ1v) is 17.0. The molecule has 0 aromatic heterocycles. The van der Waals surface area contributed by atoms with E-state index >= 15 is 0 Å². The summed E-state index contributed by atoms with van der Waals surface area (Å²) >= 11 is 0. The number of carboxylic acids is 1. The molecule has 0 aliphatic heterocycles. The second-order valence-corrected chi connectivity index (χ2v) is 15.4. The van der Waals surface area contributed by atoms with Crippen LogP contribution in [0.15, 0.2) is 60.7 Å². The molecular weight excluding hydrogens is 504 g/mol.